The van der Waals surface area contributed by atoms with Crippen LogP contribution in [0.5, 0.6) is 0 Å². The Labute approximate surface area is 121 Å². The molecule has 0 radical (unpaired) electrons. The van der Waals surface area contributed by atoms with E-state index in [1.807, 2.05) is 17.0 Å². The van der Waals surface area contributed by atoms with Crippen LogP contribution in [0.4, 0.5) is 0 Å². The lowest BCUT2D eigenvalue weighted by Crippen LogP contribution is -2.49. The molecule has 1 aliphatic heterocycles. The van der Waals surface area contributed by atoms with Gasteiger partial charge in [-0.3, -0.25) is 9.69 Å². The van der Waals surface area contributed by atoms with Gasteiger partial charge in [-0.05, 0) is 24.5 Å². The van der Waals surface area contributed by atoms with Crippen molar-refractivity contribution in [1.82, 2.24) is 9.80 Å². The van der Waals surface area contributed by atoms with E-state index in [1.165, 1.54) is 11.1 Å². The van der Waals surface area contributed by atoms with Gasteiger partial charge in [-0.15, -0.1) is 0 Å². The average molecular weight is 275 g/mol. The zero-order chi connectivity index (χ0) is 14.4. The number of nitrogens with zero attached hydrogens (tertiary/aromatic N) is 2. The third kappa shape index (κ3) is 4.05. The monoisotopic (exact) mass is 275 g/mol. The Hall–Kier alpha value is -1.39. The third-order valence-electron chi connectivity index (χ3n) is 4.04. The molecule has 1 fully saturated rings. The fraction of sp³-hybridized carbons (Fsp3) is 0.562. The van der Waals surface area contributed by atoms with Crippen molar-refractivity contribution < 1.29 is 4.79 Å². The molecule has 1 heterocycles. The molecule has 1 saturated heterocycles. The second kappa shape index (κ2) is 7.41. The summed E-state index contributed by atoms with van der Waals surface area (Å²) in [6.07, 6.45) is 1.45. The Bertz CT molecular complexity index is 439. The number of carbonyl (C=O) groups excluding carboxylic acids is 1. The van der Waals surface area contributed by atoms with E-state index in [2.05, 4.69) is 24.0 Å². The van der Waals surface area contributed by atoms with E-state index in [0.29, 0.717) is 13.0 Å². The minimum absolute atomic E-state index is 0.278. The molecular formula is C16H25N3O. The smallest absolute Gasteiger partial charge is 0.222 e. The maximum Gasteiger partial charge on any atom is 0.222 e. The molecule has 1 aliphatic rings. The van der Waals surface area contributed by atoms with Gasteiger partial charge in [-0.1, -0.05) is 24.3 Å². The second-order valence-electron chi connectivity index (χ2n) is 5.44. The molecule has 4 nitrogen and oxygen atoms in total. The number of hydrogen-bond acceptors (Lipinski definition) is 3. The van der Waals surface area contributed by atoms with Crippen LogP contribution in [0.2, 0.25) is 0 Å². The summed E-state index contributed by atoms with van der Waals surface area (Å²) < 4.78 is 0. The van der Waals surface area contributed by atoms with Gasteiger partial charge >= 0.3 is 0 Å². The predicted octanol–water partition coefficient (Wildman–Crippen LogP) is 1.03. The summed E-state index contributed by atoms with van der Waals surface area (Å²) in [6.45, 7) is 7.32. The van der Waals surface area contributed by atoms with Crippen molar-refractivity contribution in [3.8, 4) is 0 Å². The van der Waals surface area contributed by atoms with Crippen LogP contribution in [0.1, 0.15) is 17.5 Å². The number of aryl methyl sites for hydroxylation is 2. The summed E-state index contributed by atoms with van der Waals surface area (Å²) in [5.41, 5.74) is 8.11. The van der Waals surface area contributed by atoms with Crippen LogP contribution in [0, 0.1) is 6.92 Å². The van der Waals surface area contributed by atoms with Crippen molar-refractivity contribution in [2.45, 2.75) is 19.8 Å². The van der Waals surface area contributed by atoms with Gasteiger partial charge < -0.3 is 10.6 Å². The van der Waals surface area contributed by atoms with Crippen LogP contribution < -0.4 is 5.73 Å². The molecule has 4 heteroatoms. The lowest BCUT2D eigenvalue weighted by Gasteiger charge is -2.34. The summed E-state index contributed by atoms with van der Waals surface area (Å²) in [5, 5.41) is 0. The quantitative estimate of drug-likeness (QED) is 0.873. The van der Waals surface area contributed by atoms with E-state index < -0.39 is 0 Å². The van der Waals surface area contributed by atoms with Crippen molar-refractivity contribution >= 4 is 5.91 Å². The van der Waals surface area contributed by atoms with Crippen molar-refractivity contribution in [3.63, 3.8) is 0 Å². The summed E-state index contributed by atoms with van der Waals surface area (Å²) >= 11 is 0. The maximum absolute atomic E-state index is 12.2. The summed E-state index contributed by atoms with van der Waals surface area (Å²) in [6, 6.07) is 8.29. The lowest BCUT2D eigenvalue weighted by molar-refractivity contribution is -0.132. The molecule has 20 heavy (non-hydrogen) atoms. The van der Waals surface area contributed by atoms with Crippen LogP contribution >= 0.6 is 0 Å². The first kappa shape index (κ1) is 15.0. The first-order valence-corrected chi connectivity index (χ1v) is 7.45. The molecular weight excluding hydrogens is 250 g/mol. The Morgan fingerprint density at radius 2 is 1.90 bits per heavy atom. The molecule has 1 amide bonds. The Morgan fingerprint density at radius 3 is 2.55 bits per heavy atom. The van der Waals surface area contributed by atoms with Gasteiger partial charge in [-0.25, -0.2) is 0 Å². The SMILES string of the molecule is Cc1ccccc1CCC(=O)N1CCN(CCN)CC1. The van der Waals surface area contributed by atoms with Gasteiger partial charge in [-0.2, -0.15) is 0 Å². The normalized spacial score (nSPS) is 16.4. The number of hydrogen-bond donors (Lipinski definition) is 1. The van der Waals surface area contributed by atoms with Crippen molar-refractivity contribution in [2.75, 3.05) is 39.3 Å². The highest BCUT2D eigenvalue weighted by Crippen LogP contribution is 2.11. The molecule has 2 rings (SSSR count). The molecule has 110 valence electrons. The summed E-state index contributed by atoms with van der Waals surface area (Å²) in [7, 11) is 0. The second-order valence-corrected chi connectivity index (χ2v) is 5.44. The molecule has 0 atom stereocenters. The minimum Gasteiger partial charge on any atom is -0.340 e. The molecule has 0 spiro atoms. The van der Waals surface area contributed by atoms with Gasteiger partial charge in [0.05, 0.1) is 0 Å². The Balaban J connectivity index is 1.77. The van der Waals surface area contributed by atoms with Gasteiger partial charge in [0.1, 0.15) is 0 Å². The van der Waals surface area contributed by atoms with Crippen LogP contribution in [-0.2, 0) is 11.2 Å². The van der Waals surface area contributed by atoms with E-state index in [4.69, 9.17) is 5.73 Å². The molecule has 2 N–H and O–H groups in total. The van der Waals surface area contributed by atoms with E-state index in [-0.39, 0.29) is 5.91 Å². The molecule has 0 unspecified atom stereocenters. The minimum atomic E-state index is 0.278. The molecule has 0 saturated carbocycles. The Kier molecular flexibility index (Phi) is 5.56. The highest BCUT2D eigenvalue weighted by Gasteiger charge is 2.20. The van der Waals surface area contributed by atoms with Crippen LogP contribution in [-0.4, -0.2) is 55.0 Å². The van der Waals surface area contributed by atoms with E-state index >= 15 is 0 Å². The number of amides is 1. The lowest BCUT2D eigenvalue weighted by atomic mass is 10.0. The standard InChI is InChI=1S/C16H25N3O/c1-14-4-2-3-5-15(14)6-7-16(20)19-12-10-18(9-8-17)11-13-19/h2-5H,6-13,17H2,1H3. The average Bonchev–Trinajstić information content (AvgIpc) is 2.47. The maximum atomic E-state index is 12.2. The van der Waals surface area contributed by atoms with Crippen molar-refractivity contribution in [3.05, 3.63) is 35.4 Å². The topological polar surface area (TPSA) is 49.6 Å². The van der Waals surface area contributed by atoms with E-state index in [0.717, 1.165) is 39.1 Å². The van der Waals surface area contributed by atoms with Gasteiger partial charge in [0.25, 0.3) is 0 Å². The fourth-order valence-electron chi connectivity index (χ4n) is 2.69. The van der Waals surface area contributed by atoms with Gasteiger partial charge in [0.15, 0.2) is 0 Å². The summed E-state index contributed by atoms with van der Waals surface area (Å²) in [4.78, 5) is 16.5. The van der Waals surface area contributed by atoms with Crippen molar-refractivity contribution in [2.24, 2.45) is 5.73 Å². The molecule has 1 aromatic rings. The predicted molar refractivity (Wildman–Crippen MR) is 81.6 cm³/mol. The van der Waals surface area contributed by atoms with E-state index in [1.54, 1.807) is 0 Å². The van der Waals surface area contributed by atoms with Crippen LogP contribution in [0.25, 0.3) is 0 Å². The molecule has 1 aromatic carbocycles. The fourth-order valence-corrected chi connectivity index (χ4v) is 2.69. The zero-order valence-corrected chi connectivity index (χ0v) is 12.3. The first-order valence-electron chi connectivity index (χ1n) is 7.45. The highest BCUT2D eigenvalue weighted by atomic mass is 16.2. The third-order valence-corrected chi connectivity index (χ3v) is 4.04. The zero-order valence-electron chi connectivity index (χ0n) is 12.3. The van der Waals surface area contributed by atoms with Crippen LogP contribution in [0.15, 0.2) is 24.3 Å². The largest absolute Gasteiger partial charge is 0.340 e. The van der Waals surface area contributed by atoms with Crippen molar-refractivity contribution in [1.29, 1.82) is 0 Å². The van der Waals surface area contributed by atoms with Crippen LogP contribution in [0.3, 0.4) is 0 Å². The molecule has 0 bridgehead atoms. The number of piperazine rings is 1. The van der Waals surface area contributed by atoms with Gasteiger partial charge in [0.2, 0.25) is 5.91 Å². The number of nitrogens with two attached hydrogens (primary N) is 1. The van der Waals surface area contributed by atoms with Gasteiger partial charge in [0, 0.05) is 45.7 Å². The van der Waals surface area contributed by atoms with E-state index in [9.17, 15) is 4.79 Å². The summed E-state index contributed by atoms with van der Waals surface area (Å²) in [5.74, 6) is 0.278. The first-order chi connectivity index (χ1) is 9.70. The highest BCUT2D eigenvalue weighted by molar-refractivity contribution is 5.76. The number of carbonyl (C=O) groups is 1. The molecule has 0 aliphatic carbocycles. The molecule has 0 aromatic heterocycles. The Morgan fingerprint density at radius 1 is 1.20 bits per heavy atom. The number of benzene rings is 1. The number of rotatable bonds is 5.